The van der Waals surface area contributed by atoms with E-state index in [1.807, 2.05) is 7.05 Å². The number of hydrogen-bond donors (Lipinski definition) is 1. The van der Waals surface area contributed by atoms with Crippen molar-refractivity contribution >= 4 is 23.1 Å². The number of thiazole rings is 1. The number of ketones is 1. The van der Waals surface area contributed by atoms with Crippen molar-refractivity contribution in [1.29, 1.82) is 0 Å². The lowest BCUT2D eigenvalue weighted by molar-refractivity contribution is -0.147. The third kappa shape index (κ3) is 5.21. The van der Waals surface area contributed by atoms with Gasteiger partial charge in [-0.1, -0.05) is 20.8 Å². The van der Waals surface area contributed by atoms with E-state index < -0.39 is 6.10 Å². The third-order valence-corrected chi connectivity index (χ3v) is 4.29. The Kier molecular flexibility index (Phi) is 6.98. The van der Waals surface area contributed by atoms with Crippen LogP contribution in [0.25, 0.3) is 0 Å². The molecule has 1 aromatic heterocycles. The molecule has 0 saturated carbocycles. The van der Waals surface area contributed by atoms with E-state index in [1.54, 1.807) is 12.3 Å². The van der Waals surface area contributed by atoms with Crippen LogP contribution in [-0.4, -0.2) is 29.8 Å². The van der Waals surface area contributed by atoms with Crippen LogP contribution < -0.4 is 5.32 Å². The van der Waals surface area contributed by atoms with Gasteiger partial charge in [-0.2, -0.15) is 0 Å². The second-order valence-corrected chi connectivity index (χ2v) is 6.21. The first-order chi connectivity index (χ1) is 9.88. The molecule has 0 amide bonds. The fraction of sp³-hybridized carbons (Fsp3) is 0.667. The Balaban J connectivity index is 2.93. The summed E-state index contributed by atoms with van der Waals surface area (Å²) in [6.07, 6.45) is 0.652. The summed E-state index contributed by atoms with van der Waals surface area (Å²) in [6.45, 7) is 7.42. The highest BCUT2D eigenvalue weighted by molar-refractivity contribution is 7.09. The molecule has 1 N–H and O–H groups in total. The summed E-state index contributed by atoms with van der Waals surface area (Å²) >= 11 is 1.37. The van der Waals surface area contributed by atoms with E-state index in [4.69, 9.17) is 4.74 Å². The van der Waals surface area contributed by atoms with Gasteiger partial charge in [0.25, 0.3) is 0 Å². The van der Waals surface area contributed by atoms with E-state index in [2.05, 4.69) is 24.1 Å². The van der Waals surface area contributed by atoms with Gasteiger partial charge in [0.1, 0.15) is 10.7 Å². The summed E-state index contributed by atoms with van der Waals surface area (Å²) in [5.41, 5.74) is 0.459. The van der Waals surface area contributed by atoms with Crippen molar-refractivity contribution in [3.05, 3.63) is 16.1 Å². The molecule has 21 heavy (non-hydrogen) atoms. The summed E-state index contributed by atoms with van der Waals surface area (Å²) in [4.78, 5) is 27.4. The normalized spacial score (nSPS) is 14.0. The number of carbonyl (C=O) groups excluding carboxylic acids is 2. The predicted octanol–water partition coefficient (Wildman–Crippen LogP) is 2.97. The zero-order valence-electron chi connectivity index (χ0n) is 13.3. The molecule has 0 bridgehead atoms. The van der Waals surface area contributed by atoms with Gasteiger partial charge in [0.2, 0.25) is 0 Å². The molecule has 0 aromatic carbocycles. The summed E-state index contributed by atoms with van der Waals surface area (Å²) in [5, 5.41) is 5.66. The zero-order chi connectivity index (χ0) is 16.0. The Bertz CT molecular complexity index is 485. The molecule has 0 fully saturated rings. The van der Waals surface area contributed by atoms with Gasteiger partial charge in [-0.05, 0) is 13.0 Å². The monoisotopic (exact) mass is 312 g/mol. The van der Waals surface area contributed by atoms with Crippen molar-refractivity contribution in [2.24, 2.45) is 5.92 Å². The average molecular weight is 312 g/mol. The second-order valence-electron chi connectivity index (χ2n) is 5.32. The number of esters is 1. The number of nitrogens with zero attached hydrogens (tertiary/aromatic N) is 1. The molecule has 0 radical (unpaired) electrons. The highest BCUT2D eigenvalue weighted by atomic mass is 32.1. The van der Waals surface area contributed by atoms with Crippen LogP contribution >= 0.6 is 11.3 Å². The van der Waals surface area contributed by atoms with Gasteiger partial charge in [0, 0.05) is 31.2 Å². The maximum atomic E-state index is 11.7. The van der Waals surface area contributed by atoms with Crippen molar-refractivity contribution in [2.75, 3.05) is 7.05 Å². The number of rotatable bonds is 8. The topological polar surface area (TPSA) is 68.3 Å². The molecular formula is C15H24N2O3S. The van der Waals surface area contributed by atoms with Gasteiger partial charge in [-0.3, -0.25) is 9.59 Å². The van der Waals surface area contributed by atoms with Crippen molar-refractivity contribution in [2.45, 2.75) is 52.7 Å². The molecule has 2 atom stereocenters. The maximum absolute atomic E-state index is 11.7. The number of nitrogens with one attached hydrogen (secondary N) is 1. The first kappa shape index (κ1) is 17.8. The van der Waals surface area contributed by atoms with Crippen LogP contribution in [0.3, 0.4) is 0 Å². The Morgan fingerprint density at radius 3 is 2.57 bits per heavy atom. The molecule has 0 aliphatic rings. The number of carbonyl (C=O) groups is 2. The van der Waals surface area contributed by atoms with E-state index in [0.717, 1.165) is 0 Å². The molecule has 1 heterocycles. The average Bonchev–Trinajstić information content (AvgIpc) is 2.91. The summed E-state index contributed by atoms with van der Waals surface area (Å²) in [6, 6.07) is 0.212. The van der Waals surface area contributed by atoms with Crippen LogP contribution in [0.4, 0.5) is 0 Å². The van der Waals surface area contributed by atoms with E-state index in [-0.39, 0.29) is 17.8 Å². The number of Topliss-reactive ketones (excluding diaryl/α,β-unsaturated/α-hetero) is 1. The molecule has 0 aliphatic carbocycles. The van der Waals surface area contributed by atoms with Crippen molar-refractivity contribution in [3.63, 3.8) is 0 Å². The van der Waals surface area contributed by atoms with Crippen molar-refractivity contribution < 1.29 is 14.3 Å². The predicted molar refractivity (Wildman–Crippen MR) is 83.5 cm³/mol. The first-order valence-corrected chi connectivity index (χ1v) is 8.10. The zero-order valence-corrected chi connectivity index (χ0v) is 14.1. The molecule has 0 spiro atoms. The van der Waals surface area contributed by atoms with Crippen LogP contribution in [0.1, 0.15) is 62.1 Å². The summed E-state index contributed by atoms with van der Waals surface area (Å²) in [7, 11) is 1.89. The maximum Gasteiger partial charge on any atom is 0.303 e. The highest BCUT2D eigenvalue weighted by Crippen LogP contribution is 2.28. The molecule has 1 aromatic rings. The van der Waals surface area contributed by atoms with E-state index >= 15 is 0 Å². The fourth-order valence-corrected chi connectivity index (χ4v) is 2.96. The van der Waals surface area contributed by atoms with Crippen molar-refractivity contribution in [1.82, 2.24) is 10.3 Å². The minimum absolute atomic E-state index is 0.00750. The van der Waals surface area contributed by atoms with Crippen LogP contribution in [0.2, 0.25) is 0 Å². The minimum atomic E-state index is -0.411. The minimum Gasteiger partial charge on any atom is -0.455 e. The molecule has 0 aliphatic heterocycles. The number of ether oxygens (including phenoxy) is 1. The standard InChI is InChI=1S/C15H24N2O3S/c1-6-13(19)12-8-21-15(17-12)14(20-10(4)18)7-11(16-5)9(2)3/h8-9,11,14,16H,6-7H2,1-5H3/t11-,14-/m1/s1. The third-order valence-electron chi connectivity index (χ3n) is 3.36. The van der Waals surface area contributed by atoms with Crippen LogP contribution in [0.5, 0.6) is 0 Å². The van der Waals surface area contributed by atoms with Gasteiger partial charge in [0.05, 0.1) is 0 Å². The van der Waals surface area contributed by atoms with Gasteiger partial charge in [-0.25, -0.2) is 4.98 Å². The number of aromatic nitrogens is 1. The van der Waals surface area contributed by atoms with Crippen LogP contribution in [-0.2, 0) is 9.53 Å². The molecule has 1 rings (SSSR count). The van der Waals surface area contributed by atoms with Crippen LogP contribution in [0, 0.1) is 5.92 Å². The van der Waals surface area contributed by atoms with E-state index in [9.17, 15) is 9.59 Å². The SMILES string of the molecule is CCC(=O)c1csc([C@@H](C[C@@H](NC)C(C)C)OC(C)=O)n1. The molecule has 5 nitrogen and oxygen atoms in total. The van der Waals surface area contributed by atoms with E-state index in [1.165, 1.54) is 18.3 Å². The molecule has 0 unspecified atom stereocenters. The largest absolute Gasteiger partial charge is 0.455 e. The lowest BCUT2D eigenvalue weighted by Crippen LogP contribution is -2.33. The first-order valence-electron chi connectivity index (χ1n) is 7.22. The number of hydrogen-bond acceptors (Lipinski definition) is 6. The van der Waals surface area contributed by atoms with Gasteiger partial charge >= 0.3 is 5.97 Å². The van der Waals surface area contributed by atoms with E-state index in [0.29, 0.717) is 29.5 Å². The Morgan fingerprint density at radius 1 is 1.43 bits per heavy atom. The molecular weight excluding hydrogens is 288 g/mol. The molecule has 6 heteroatoms. The lowest BCUT2D eigenvalue weighted by Gasteiger charge is -2.24. The highest BCUT2D eigenvalue weighted by Gasteiger charge is 2.25. The van der Waals surface area contributed by atoms with Gasteiger partial charge < -0.3 is 10.1 Å². The second kappa shape index (κ2) is 8.24. The Morgan fingerprint density at radius 2 is 2.10 bits per heavy atom. The Labute approximate surface area is 130 Å². The quantitative estimate of drug-likeness (QED) is 0.590. The van der Waals surface area contributed by atoms with Gasteiger partial charge in [0.15, 0.2) is 11.9 Å². The van der Waals surface area contributed by atoms with Crippen LogP contribution in [0.15, 0.2) is 5.38 Å². The fourth-order valence-electron chi connectivity index (χ4n) is 2.10. The van der Waals surface area contributed by atoms with Crippen molar-refractivity contribution in [3.8, 4) is 0 Å². The molecule has 118 valence electrons. The smallest absolute Gasteiger partial charge is 0.303 e. The lowest BCUT2D eigenvalue weighted by atomic mass is 9.98. The Hall–Kier alpha value is -1.27. The van der Waals surface area contributed by atoms with Gasteiger partial charge in [-0.15, -0.1) is 11.3 Å². The summed E-state index contributed by atoms with van der Waals surface area (Å²) < 4.78 is 5.40. The summed E-state index contributed by atoms with van der Waals surface area (Å²) in [5.74, 6) is 0.0787. The molecule has 0 saturated heterocycles.